The standard InChI is InChI=1S/C16H12ClF4NO/c17-13-4-2-1-3-11(13)9-14(23)22-15(16(19,20)21)10-5-7-12(18)8-6-10/h1-8,15H,9H2,(H,22,23). The molecule has 0 saturated heterocycles. The zero-order valence-corrected chi connectivity index (χ0v) is 12.5. The predicted octanol–water partition coefficient (Wildman–Crippen LogP) is 4.44. The fourth-order valence-corrected chi connectivity index (χ4v) is 2.24. The number of nitrogens with one attached hydrogen (secondary N) is 1. The Kier molecular flexibility index (Phi) is 5.26. The lowest BCUT2D eigenvalue weighted by Gasteiger charge is -2.22. The number of benzene rings is 2. The maximum atomic E-state index is 13.2. The summed E-state index contributed by atoms with van der Waals surface area (Å²) >= 11 is 5.89. The van der Waals surface area contributed by atoms with Crippen molar-refractivity contribution in [2.24, 2.45) is 0 Å². The number of hydrogen-bond acceptors (Lipinski definition) is 1. The number of rotatable bonds is 4. The van der Waals surface area contributed by atoms with Crippen LogP contribution in [0.25, 0.3) is 0 Å². The van der Waals surface area contributed by atoms with Crippen LogP contribution >= 0.6 is 11.6 Å². The monoisotopic (exact) mass is 345 g/mol. The lowest BCUT2D eigenvalue weighted by atomic mass is 10.1. The summed E-state index contributed by atoms with van der Waals surface area (Å²) in [5, 5.41) is 2.22. The predicted molar refractivity (Wildman–Crippen MR) is 78.5 cm³/mol. The lowest BCUT2D eigenvalue weighted by Crippen LogP contribution is -2.38. The first kappa shape index (κ1) is 17.3. The molecule has 2 aromatic carbocycles. The summed E-state index contributed by atoms with van der Waals surface area (Å²) in [5.41, 5.74) is 0.179. The van der Waals surface area contributed by atoms with Crippen molar-refractivity contribution in [1.29, 1.82) is 0 Å². The van der Waals surface area contributed by atoms with E-state index in [4.69, 9.17) is 11.6 Å². The third kappa shape index (κ3) is 4.69. The number of hydrogen-bond donors (Lipinski definition) is 1. The molecule has 122 valence electrons. The van der Waals surface area contributed by atoms with E-state index in [2.05, 4.69) is 0 Å². The maximum Gasteiger partial charge on any atom is 0.412 e. The van der Waals surface area contributed by atoms with Gasteiger partial charge in [-0.2, -0.15) is 13.2 Å². The largest absolute Gasteiger partial charge is 0.412 e. The zero-order chi connectivity index (χ0) is 17.0. The minimum absolute atomic E-state index is 0.244. The summed E-state index contributed by atoms with van der Waals surface area (Å²) in [6, 6.07) is 7.98. The normalized spacial score (nSPS) is 12.7. The minimum atomic E-state index is -4.70. The molecule has 2 aromatic rings. The molecule has 0 aliphatic carbocycles. The Morgan fingerprint density at radius 2 is 1.70 bits per heavy atom. The topological polar surface area (TPSA) is 29.1 Å². The van der Waals surface area contributed by atoms with E-state index in [1.165, 1.54) is 0 Å². The first-order chi connectivity index (χ1) is 10.8. The van der Waals surface area contributed by atoms with E-state index < -0.39 is 23.9 Å². The van der Waals surface area contributed by atoms with Crippen LogP contribution in [0.2, 0.25) is 5.02 Å². The van der Waals surface area contributed by atoms with Crippen LogP contribution in [0, 0.1) is 5.82 Å². The van der Waals surface area contributed by atoms with Crippen molar-refractivity contribution in [1.82, 2.24) is 5.32 Å². The molecular weight excluding hydrogens is 334 g/mol. The molecule has 1 unspecified atom stereocenters. The molecule has 23 heavy (non-hydrogen) atoms. The molecule has 0 aliphatic heterocycles. The van der Waals surface area contributed by atoms with Gasteiger partial charge < -0.3 is 5.32 Å². The fourth-order valence-electron chi connectivity index (χ4n) is 2.04. The van der Waals surface area contributed by atoms with Crippen molar-refractivity contribution in [3.63, 3.8) is 0 Å². The van der Waals surface area contributed by atoms with Crippen LogP contribution in [0.3, 0.4) is 0 Å². The van der Waals surface area contributed by atoms with Crippen LogP contribution in [-0.4, -0.2) is 12.1 Å². The molecule has 0 saturated carbocycles. The van der Waals surface area contributed by atoms with E-state index in [1.54, 1.807) is 24.3 Å². The van der Waals surface area contributed by atoms with Gasteiger partial charge in [-0.3, -0.25) is 4.79 Å². The lowest BCUT2D eigenvalue weighted by molar-refractivity contribution is -0.163. The smallest absolute Gasteiger partial charge is 0.341 e. The number of halogens is 5. The van der Waals surface area contributed by atoms with E-state index in [-0.39, 0.29) is 12.0 Å². The minimum Gasteiger partial charge on any atom is -0.341 e. The van der Waals surface area contributed by atoms with Gasteiger partial charge in [-0.25, -0.2) is 4.39 Å². The summed E-state index contributed by atoms with van der Waals surface area (Å²) in [5.74, 6) is -1.48. The van der Waals surface area contributed by atoms with E-state index in [9.17, 15) is 22.4 Å². The van der Waals surface area contributed by atoms with Gasteiger partial charge in [0.1, 0.15) is 5.82 Å². The SMILES string of the molecule is O=C(Cc1ccccc1Cl)NC(c1ccc(F)cc1)C(F)(F)F. The van der Waals surface area contributed by atoms with Gasteiger partial charge in [-0.1, -0.05) is 41.9 Å². The van der Waals surface area contributed by atoms with E-state index in [0.29, 0.717) is 10.6 Å². The molecule has 2 nitrogen and oxygen atoms in total. The molecule has 0 heterocycles. The van der Waals surface area contributed by atoms with Gasteiger partial charge in [0, 0.05) is 5.02 Å². The first-order valence-corrected chi connectivity index (χ1v) is 7.00. The summed E-state index contributed by atoms with van der Waals surface area (Å²) < 4.78 is 52.3. The van der Waals surface area contributed by atoms with Crippen molar-refractivity contribution in [3.05, 3.63) is 70.5 Å². The van der Waals surface area contributed by atoms with Gasteiger partial charge in [0.2, 0.25) is 5.91 Å². The van der Waals surface area contributed by atoms with Crippen molar-refractivity contribution in [3.8, 4) is 0 Å². The van der Waals surface area contributed by atoms with Crippen LogP contribution in [0.15, 0.2) is 48.5 Å². The summed E-state index contributed by atoms with van der Waals surface area (Å²) in [6.45, 7) is 0. The molecule has 0 bridgehead atoms. The van der Waals surface area contributed by atoms with Gasteiger partial charge in [0.15, 0.2) is 6.04 Å². The third-order valence-corrected chi connectivity index (χ3v) is 3.51. The average Bonchev–Trinajstić information content (AvgIpc) is 2.47. The summed E-state index contributed by atoms with van der Waals surface area (Å²) in [7, 11) is 0. The van der Waals surface area contributed by atoms with Crippen molar-refractivity contribution in [2.45, 2.75) is 18.6 Å². The van der Waals surface area contributed by atoms with Crippen molar-refractivity contribution in [2.75, 3.05) is 0 Å². The Hall–Kier alpha value is -2.08. The highest BCUT2D eigenvalue weighted by molar-refractivity contribution is 6.31. The van der Waals surface area contributed by atoms with E-state index in [1.807, 2.05) is 5.32 Å². The molecule has 2 rings (SSSR count). The number of alkyl halides is 3. The second-order valence-electron chi connectivity index (χ2n) is 4.86. The Labute approximate surface area is 135 Å². The van der Waals surface area contributed by atoms with Gasteiger partial charge in [-0.15, -0.1) is 0 Å². The molecule has 1 N–H and O–H groups in total. The number of carbonyl (C=O) groups is 1. The Morgan fingerprint density at radius 3 is 2.26 bits per heavy atom. The van der Waals surface area contributed by atoms with Crippen LogP contribution < -0.4 is 5.32 Å². The van der Waals surface area contributed by atoms with Gasteiger partial charge in [-0.05, 0) is 29.3 Å². The molecule has 1 amide bonds. The Balaban J connectivity index is 2.17. The zero-order valence-electron chi connectivity index (χ0n) is 11.7. The van der Waals surface area contributed by atoms with Gasteiger partial charge >= 0.3 is 6.18 Å². The Bertz CT molecular complexity index is 685. The van der Waals surface area contributed by atoms with E-state index in [0.717, 1.165) is 24.3 Å². The van der Waals surface area contributed by atoms with Gasteiger partial charge in [0.25, 0.3) is 0 Å². The van der Waals surface area contributed by atoms with Crippen molar-refractivity contribution < 1.29 is 22.4 Å². The molecule has 0 spiro atoms. The molecule has 0 fully saturated rings. The second-order valence-corrected chi connectivity index (χ2v) is 5.27. The van der Waals surface area contributed by atoms with Crippen LogP contribution in [0.5, 0.6) is 0 Å². The molecular formula is C16H12ClF4NO. The molecule has 0 radical (unpaired) electrons. The molecule has 7 heteroatoms. The number of carbonyl (C=O) groups excluding carboxylic acids is 1. The molecule has 0 aromatic heterocycles. The fraction of sp³-hybridized carbons (Fsp3) is 0.188. The summed E-state index contributed by atoms with van der Waals surface area (Å²) in [4.78, 5) is 11.9. The van der Waals surface area contributed by atoms with Gasteiger partial charge in [0.05, 0.1) is 6.42 Å². The highest BCUT2D eigenvalue weighted by Crippen LogP contribution is 2.32. The second kappa shape index (κ2) is 7.00. The van der Waals surface area contributed by atoms with Crippen LogP contribution in [0.4, 0.5) is 17.6 Å². The molecule has 0 aliphatic rings. The van der Waals surface area contributed by atoms with Crippen LogP contribution in [0.1, 0.15) is 17.2 Å². The average molecular weight is 346 g/mol. The molecule has 1 atom stereocenters. The van der Waals surface area contributed by atoms with Crippen molar-refractivity contribution >= 4 is 17.5 Å². The third-order valence-electron chi connectivity index (χ3n) is 3.14. The summed E-state index contributed by atoms with van der Waals surface area (Å²) in [6.07, 6.45) is -4.98. The Morgan fingerprint density at radius 1 is 1.09 bits per heavy atom. The highest BCUT2D eigenvalue weighted by atomic mass is 35.5. The highest BCUT2D eigenvalue weighted by Gasteiger charge is 2.41. The quantitative estimate of drug-likeness (QED) is 0.815. The maximum absolute atomic E-state index is 13.2. The van der Waals surface area contributed by atoms with Crippen LogP contribution in [-0.2, 0) is 11.2 Å². The first-order valence-electron chi connectivity index (χ1n) is 6.62. The number of amides is 1. The van der Waals surface area contributed by atoms with E-state index >= 15 is 0 Å².